The number of rotatable bonds is 7. The number of benzene rings is 2. The fourth-order valence-electron chi connectivity index (χ4n) is 2.76. The fraction of sp³-hybridized carbons (Fsp3) is 0.368. The van der Waals surface area contributed by atoms with Crippen LogP contribution in [-0.2, 0) is 9.59 Å². The molecule has 0 aliphatic rings. The van der Waals surface area contributed by atoms with Gasteiger partial charge in [0.05, 0.1) is 13.0 Å². The van der Waals surface area contributed by atoms with Gasteiger partial charge in [0.1, 0.15) is 12.3 Å². The maximum atomic E-state index is 12.6. The molecular formula is C19H23NO4. The van der Waals surface area contributed by atoms with Gasteiger partial charge in [-0.05, 0) is 41.8 Å². The molecule has 2 rings (SSSR count). The lowest BCUT2D eigenvalue weighted by Crippen LogP contribution is -2.38. The number of nitrogens with zero attached hydrogens (tertiary/aromatic N) is 1. The van der Waals surface area contributed by atoms with Gasteiger partial charge < -0.3 is 14.7 Å². The van der Waals surface area contributed by atoms with Crippen LogP contribution in [0, 0.1) is 0 Å². The van der Waals surface area contributed by atoms with Crippen LogP contribution in [0.3, 0.4) is 0 Å². The summed E-state index contributed by atoms with van der Waals surface area (Å²) < 4.78 is 5.22. The lowest BCUT2D eigenvalue weighted by Gasteiger charge is -2.24. The summed E-state index contributed by atoms with van der Waals surface area (Å²) in [4.78, 5) is 25.0. The van der Waals surface area contributed by atoms with Crippen LogP contribution in [0.1, 0.15) is 31.7 Å². The Balaban J connectivity index is 2.26. The second kappa shape index (κ2) is 7.81. The van der Waals surface area contributed by atoms with Gasteiger partial charge in [0.25, 0.3) is 0 Å². The summed E-state index contributed by atoms with van der Waals surface area (Å²) in [6.07, 6.45) is 0.725. The maximum Gasteiger partial charge on any atom is 0.323 e. The highest BCUT2D eigenvalue weighted by atomic mass is 16.5. The highest BCUT2D eigenvalue weighted by Crippen LogP contribution is 2.26. The molecule has 24 heavy (non-hydrogen) atoms. The topological polar surface area (TPSA) is 66.8 Å². The van der Waals surface area contributed by atoms with Crippen molar-refractivity contribution in [2.24, 2.45) is 0 Å². The van der Waals surface area contributed by atoms with Crippen molar-refractivity contribution in [2.75, 3.05) is 20.2 Å². The predicted octanol–water partition coefficient (Wildman–Crippen LogP) is 3.28. The summed E-state index contributed by atoms with van der Waals surface area (Å²) in [6.45, 7) is 3.93. The number of carbonyl (C=O) groups excluding carboxylic acids is 1. The van der Waals surface area contributed by atoms with E-state index in [-0.39, 0.29) is 18.4 Å². The number of methoxy groups -OCH3 is 1. The van der Waals surface area contributed by atoms with E-state index in [2.05, 4.69) is 0 Å². The van der Waals surface area contributed by atoms with Gasteiger partial charge in [0.2, 0.25) is 5.91 Å². The molecule has 0 bridgehead atoms. The quantitative estimate of drug-likeness (QED) is 0.846. The van der Waals surface area contributed by atoms with Crippen LogP contribution in [-0.4, -0.2) is 42.1 Å². The molecule has 0 spiro atoms. The maximum absolute atomic E-state index is 12.6. The molecule has 0 fully saturated rings. The summed E-state index contributed by atoms with van der Waals surface area (Å²) in [5.41, 5.74) is 0.879. The van der Waals surface area contributed by atoms with Gasteiger partial charge in [0.15, 0.2) is 0 Å². The molecule has 0 saturated carbocycles. The van der Waals surface area contributed by atoms with Gasteiger partial charge in [-0.2, -0.15) is 0 Å². The van der Waals surface area contributed by atoms with Crippen LogP contribution >= 0.6 is 0 Å². The molecule has 5 heteroatoms. The van der Waals surface area contributed by atoms with Crippen molar-refractivity contribution in [3.8, 4) is 5.75 Å². The Morgan fingerprint density at radius 2 is 1.83 bits per heavy atom. The second-order valence-corrected chi connectivity index (χ2v) is 5.85. The van der Waals surface area contributed by atoms with E-state index in [0.29, 0.717) is 6.54 Å². The molecule has 0 radical (unpaired) electrons. The number of carbonyl (C=O) groups is 2. The van der Waals surface area contributed by atoms with Crippen molar-refractivity contribution in [3.63, 3.8) is 0 Å². The van der Waals surface area contributed by atoms with Gasteiger partial charge in [-0.15, -0.1) is 0 Å². The van der Waals surface area contributed by atoms with Gasteiger partial charge in [0, 0.05) is 6.54 Å². The Morgan fingerprint density at radius 1 is 1.17 bits per heavy atom. The molecule has 0 saturated heterocycles. The summed E-state index contributed by atoms with van der Waals surface area (Å²) in [7, 11) is 1.63. The first-order chi connectivity index (χ1) is 11.5. The Kier molecular flexibility index (Phi) is 5.79. The van der Waals surface area contributed by atoms with E-state index < -0.39 is 5.97 Å². The smallest absolute Gasteiger partial charge is 0.323 e. The Bertz CT molecular complexity index is 741. The highest BCUT2D eigenvalue weighted by Gasteiger charge is 2.23. The van der Waals surface area contributed by atoms with E-state index in [0.717, 1.165) is 28.5 Å². The molecule has 5 nitrogen and oxygen atoms in total. The molecule has 1 unspecified atom stereocenters. The van der Waals surface area contributed by atoms with E-state index in [1.807, 2.05) is 50.2 Å². The number of ether oxygens (including phenoxy) is 1. The Morgan fingerprint density at radius 3 is 2.46 bits per heavy atom. The minimum atomic E-state index is -0.991. The number of hydrogen-bond acceptors (Lipinski definition) is 3. The first-order valence-electron chi connectivity index (χ1n) is 8.04. The number of carboxylic acids is 1. The van der Waals surface area contributed by atoms with Crippen molar-refractivity contribution in [1.82, 2.24) is 4.90 Å². The summed E-state index contributed by atoms with van der Waals surface area (Å²) in [5, 5.41) is 11.1. The Labute approximate surface area is 141 Å². The van der Waals surface area contributed by atoms with Gasteiger partial charge in [-0.1, -0.05) is 31.2 Å². The largest absolute Gasteiger partial charge is 0.497 e. The zero-order valence-electron chi connectivity index (χ0n) is 14.3. The summed E-state index contributed by atoms with van der Waals surface area (Å²) in [5.74, 6) is -0.751. The minimum absolute atomic E-state index is 0.160. The number of carboxylic acid groups (broad SMARTS) is 1. The first-order valence-corrected chi connectivity index (χ1v) is 8.04. The van der Waals surface area contributed by atoms with Gasteiger partial charge >= 0.3 is 5.97 Å². The third-order valence-corrected chi connectivity index (χ3v) is 4.07. The zero-order valence-corrected chi connectivity index (χ0v) is 14.3. The van der Waals surface area contributed by atoms with Crippen molar-refractivity contribution in [1.29, 1.82) is 0 Å². The van der Waals surface area contributed by atoms with Gasteiger partial charge in [-0.25, -0.2) is 0 Å². The molecule has 1 amide bonds. The molecule has 2 aromatic carbocycles. The number of amides is 1. The lowest BCUT2D eigenvalue weighted by molar-refractivity contribution is -0.145. The third-order valence-electron chi connectivity index (χ3n) is 4.07. The van der Waals surface area contributed by atoms with Crippen LogP contribution in [0.25, 0.3) is 10.8 Å². The van der Waals surface area contributed by atoms with E-state index in [1.165, 1.54) is 4.90 Å². The average Bonchev–Trinajstić information content (AvgIpc) is 2.58. The second-order valence-electron chi connectivity index (χ2n) is 5.85. The van der Waals surface area contributed by atoms with Crippen molar-refractivity contribution >= 4 is 22.6 Å². The monoisotopic (exact) mass is 329 g/mol. The predicted molar refractivity (Wildman–Crippen MR) is 93.4 cm³/mol. The first kappa shape index (κ1) is 17.8. The SMILES string of the molecule is CCCN(CC(=O)O)C(=O)C(C)c1ccc2cc(OC)ccc2c1. The van der Waals surface area contributed by atoms with E-state index >= 15 is 0 Å². The van der Waals surface area contributed by atoms with E-state index in [9.17, 15) is 9.59 Å². The van der Waals surface area contributed by atoms with E-state index in [1.54, 1.807) is 7.11 Å². The fourth-order valence-corrected chi connectivity index (χ4v) is 2.76. The van der Waals surface area contributed by atoms with Crippen LogP contribution in [0.4, 0.5) is 0 Å². The molecule has 1 N–H and O–H groups in total. The molecule has 128 valence electrons. The third kappa shape index (κ3) is 4.04. The molecule has 0 aromatic heterocycles. The van der Waals surface area contributed by atoms with Crippen LogP contribution < -0.4 is 4.74 Å². The molecule has 1 atom stereocenters. The molecular weight excluding hydrogens is 306 g/mol. The van der Waals surface area contributed by atoms with Crippen molar-refractivity contribution < 1.29 is 19.4 Å². The molecule has 2 aromatic rings. The summed E-state index contributed by atoms with van der Waals surface area (Å²) in [6, 6.07) is 11.6. The normalized spacial score (nSPS) is 12.0. The van der Waals surface area contributed by atoms with Crippen molar-refractivity contribution in [2.45, 2.75) is 26.2 Å². The van der Waals surface area contributed by atoms with Gasteiger partial charge in [-0.3, -0.25) is 9.59 Å². The van der Waals surface area contributed by atoms with Crippen LogP contribution in [0.2, 0.25) is 0 Å². The van der Waals surface area contributed by atoms with Crippen LogP contribution in [0.5, 0.6) is 5.75 Å². The number of aliphatic carboxylic acids is 1. The number of hydrogen-bond donors (Lipinski definition) is 1. The molecule has 0 aliphatic heterocycles. The average molecular weight is 329 g/mol. The Hall–Kier alpha value is -2.56. The molecule has 0 heterocycles. The molecule has 0 aliphatic carbocycles. The minimum Gasteiger partial charge on any atom is -0.497 e. The standard InChI is InChI=1S/C19H23NO4/c1-4-9-20(12-18(21)22)19(23)13(2)14-5-6-16-11-17(24-3)8-7-15(16)10-14/h5-8,10-11,13H,4,9,12H2,1-3H3,(H,21,22). The van der Waals surface area contributed by atoms with Crippen LogP contribution in [0.15, 0.2) is 36.4 Å². The number of fused-ring (bicyclic) bond motifs is 1. The lowest BCUT2D eigenvalue weighted by atomic mass is 9.96. The van der Waals surface area contributed by atoms with E-state index in [4.69, 9.17) is 9.84 Å². The van der Waals surface area contributed by atoms with Crippen molar-refractivity contribution in [3.05, 3.63) is 42.0 Å². The summed E-state index contributed by atoms with van der Waals surface area (Å²) >= 11 is 0. The highest BCUT2D eigenvalue weighted by molar-refractivity contribution is 5.89. The zero-order chi connectivity index (χ0) is 17.7.